The first kappa shape index (κ1) is 84.0. The minimum atomic E-state index is -2.61. The predicted molar refractivity (Wildman–Crippen MR) is 435 cm³/mol. The summed E-state index contributed by atoms with van der Waals surface area (Å²) in [5, 5.41) is 34.4. The Hall–Kier alpha value is -5.45. The molecule has 0 aliphatic carbocycles. The average Bonchev–Trinajstić information content (AvgIpc) is 0.863. The van der Waals surface area contributed by atoms with Crippen molar-refractivity contribution in [1.29, 1.82) is 0 Å². The van der Waals surface area contributed by atoms with Crippen molar-refractivity contribution in [3.63, 3.8) is 0 Å². The van der Waals surface area contributed by atoms with Crippen LogP contribution in [0.5, 0.6) is 23.0 Å². The number of nitrogens with two attached hydrogens (primary N) is 2. The van der Waals surface area contributed by atoms with E-state index in [0.717, 1.165) is 38.5 Å². The molecule has 523 valence electrons. The number of carbonyl (C=O) groups excluding carboxylic acids is 5. The number of pyridine rings is 3. The van der Waals surface area contributed by atoms with Crippen LogP contribution in [-0.2, 0) is 23.3 Å². The molecule has 0 aliphatic heterocycles. The zero-order valence-electron chi connectivity index (χ0n) is 58.4. The number of nitrogens with one attached hydrogen (secondary N) is 6. The number of anilines is 6. The summed E-state index contributed by atoms with van der Waals surface area (Å²) in [5.41, 5.74) is 19.6. The van der Waals surface area contributed by atoms with Crippen molar-refractivity contribution in [2.45, 2.75) is 55.9 Å². The number of halogens is 9. The third-order valence-electron chi connectivity index (χ3n) is 11.0. The summed E-state index contributed by atoms with van der Waals surface area (Å²) in [5.74, 6) is -0.775. The van der Waals surface area contributed by atoms with E-state index in [1.165, 1.54) is 49.8 Å². The van der Waals surface area contributed by atoms with Gasteiger partial charge in [0.15, 0.2) is 0 Å². The zero-order chi connectivity index (χ0) is 75.7. The van der Waals surface area contributed by atoms with E-state index in [0.29, 0.717) is 68.9 Å². The van der Waals surface area contributed by atoms with Crippen LogP contribution in [0.2, 0.25) is 15.1 Å². The molecule has 0 fully saturated rings. The first-order chi connectivity index (χ1) is 47.1. The molecule has 30 heteroatoms. The quantitative estimate of drug-likeness (QED) is 0.0278. The van der Waals surface area contributed by atoms with E-state index < -0.39 is 37.8 Å². The molecule has 12 N–H and O–H groups in total. The van der Waals surface area contributed by atoms with Crippen LogP contribution < -0.4 is 61.4 Å². The summed E-state index contributed by atoms with van der Waals surface area (Å²) >= 11 is 27.2. The van der Waals surface area contributed by atoms with Crippen molar-refractivity contribution in [2.24, 2.45) is 0 Å². The van der Waals surface area contributed by atoms with Crippen LogP contribution in [0.3, 0.4) is 0 Å². The van der Waals surface area contributed by atoms with Gasteiger partial charge >= 0.3 is 68.5 Å². The maximum Gasteiger partial charge on any atom is 0.323 e. The summed E-state index contributed by atoms with van der Waals surface area (Å²) in [6, 6.07) is 43.9. The Balaban J connectivity index is -0.00000121. The van der Waals surface area contributed by atoms with Crippen LogP contribution in [0.1, 0.15) is 88.8 Å². The number of ether oxygens (including phenoxy) is 2. The van der Waals surface area contributed by atoms with Crippen LogP contribution in [-0.4, -0.2) is 76.1 Å². The number of methoxy groups -OCH3 is 1. The van der Waals surface area contributed by atoms with Crippen molar-refractivity contribution in [2.75, 3.05) is 53.8 Å². The third kappa shape index (κ3) is 41.0. The second-order valence-corrected chi connectivity index (χ2v) is 35.6. The molecule has 0 unspecified atom stereocenters. The molecule has 20 nitrogen and oxygen atoms in total. The predicted octanol–water partition coefficient (Wildman–Crippen LogP) is 16.8. The van der Waals surface area contributed by atoms with Gasteiger partial charge in [-0.05, 0) is 220 Å². The van der Waals surface area contributed by atoms with Crippen LogP contribution in [0.15, 0.2) is 182 Å². The molecule has 0 atom stereocenters. The van der Waals surface area contributed by atoms with Crippen LogP contribution in [0.25, 0.3) is 0 Å². The zero-order valence-corrected chi connectivity index (χ0v) is 69.2. The topological polar surface area (TPSA) is 307 Å². The largest absolute Gasteiger partial charge is 0.508 e. The van der Waals surface area contributed by atoms with E-state index in [-0.39, 0.29) is 78.9 Å². The standard InChI is InChI=1S/C21H19ClN4O3.C14H13ClN2O2.C8H10N2O.C8H9NO2.C7H8ClN.C6H7NO.C2H6.CH4.I3.I2.HI.V/c1-13-11-15(5-8-18(13)22)26-21(28)25-14-3-6-16(7-4-14)29-17-9-10-24-19(12-17)20(27)23-2;1-9-8-11(4-7-13(9)15)17-14(19)16-10-2-5-12(18)6-3-10;1-6-3-4-10-7(5-6)8(11)9-2;1-6-3-4-9-7(5-6)8(10)11-2;1-5-4-6(9)2-3-7(5)8;7-5-1-3-6(8)4-2-5;1-2;;1-3-2;1-2;;/h3-12H,1-2H3,(H,23,27)(H2,25,26,28);2-8,18H,1H3,(H2,16,17,19);3-5H,1-2H3,(H,9,11);3-5H,1-2H3;2-4H,9H2,1H3;1-4,8H,7H2;1-2H3;1H4;;;1H;/q;;;;;;;;-1;;;/i2D3;;2D3;;;;;;;;;. The Labute approximate surface area is 673 Å². The molecule has 97 heavy (non-hydrogen) atoms. The first-order valence-electron chi connectivity index (χ1n) is 30.0. The SMILES string of the molecule is C.CC.COC(=O)c1cc(C)ccn1.Cc1cc(N)ccc1Cl.Cc1cc(NC(=O)Nc2ccc(O)cc2)ccc1Cl.I.II.I[I-]I.Nc1ccc(O)cc1.[2H]C([2H])([2H])NC(=O)c1cc(C)ccn1.[2H]C([2H])([2H])NC(=O)c1cc(Oc2ccc(NC(=O)Nc3ccc(Cl)c(C)c3)cc2)ccn1.[V]. The number of phenolic OH excluding ortho intramolecular Hbond substituents is 2. The smallest absolute Gasteiger partial charge is 0.323 e. The molecular formula is C67H77Cl3I6N11O9V-. The van der Waals surface area contributed by atoms with Gasteiger partial charge in [0.25, 0.3) is 11.8 Å². The number of carbonyl (C=O) groups is 5. The van der Waals surface area contributed by atoms with Gasteiger partial charge in [0, 0.05) is 152 Å². The second-order valence-electron chi connectivity index (χ2n) is 18.1. The van der Waals surface area contributed by atoms with Crippen LogP contribution >= 0.6 is 133 Å². The molecule has 0 saturated heterocycles. The van der Waals surface area contributed by atoms with Gasteiger partial charge in [-0.15, -0.1) is 24.0 Å². The van der Waals surface area contributed by atoms with Gasteiger partial charge in [0.05, 0.1) is 7.11 Å². The Morgan fingerprint density at radius 2 is 0.835 bits per heavy atom. The fourth-order valence-corrected chi connectivity index (χ4v) is 6.95. The maximum atomic E-state index is 12.2. The molecule has 0 aliphatic rings. The summed E-state index contributed by atoms with van der Waals surface area (Å²) in [6.45, 7) is 8.25. The molecule has 0 saturated carbocycles. The fraction of sp³-hybridized carbons (Fsp3) is 0.164. The number of esters is 1. The van der Waals surface area contributed by atoms with Gasteiger partial charge in [0.1, 0.15) is 40.1 Å². The molecule has 3 heterocycles. The van der Waals surface area contributed by atoms with Gasteiger partial charge in [-0.25, -0.2) is 19.4 Å². The van der Waals surface area contributed by atoms with E-state index in [1.807, 2.05) is 64.3 Å². The van der Waals surface area contributed by atoms with Crippen molar-refractivity contribution in [1.82, 2.24) is 25.6 Å². The molecule has 0 spiro atoms. The van der Waals surface area contributed by atoms with Gasteiger partial charge in [0.2, 0.25) is 0 Å². The molecule has 6 aromatic carbocycles. The number of aromatic hydroxyl groups is 2. The molecular weight excluding hydrogens is 2020 g/mol. The number of aromatic nitrogens is 3. The van der Waals surface area contributed by atoms with Crippen molar-refractivity contribution < 1.29 is 83.7 Å². The van der Waals surface area contributed by atoms with Crippen molar-refractivity contribution in [3.05, 3.63) is 242 Å². The van der Waals surface area contributed by atoms with Gasteiger partial charge in [-0.2, -0.15) is 0 Å². The number of benzene rings is 6. The third-order valence-corrected chi connectivity index (χ3v) is 12.3. The number of hydrogen-bond donors (Lipinski definition) is 10. The summed E-state index contributed by atoms with van der Waals surface area (Å²) in [6.07, 6.45) is 4.38. The number of nitrogen functional groups attached to an aromatic ring is 2. The van der Waals surface area contributed by atoms with Gasteiger partial charge < -0.3 is 63.1 Å². The number of hydrogen-bond acceptors (Lipinski definition) is 14. The average molecular weight is 2110 g/mol. The molecule has 6 amide bonds. The summed E-state index contributed by atoms with van der Waals surface area (Å²) in [7, 11) is 1.34. The Kier molecular flexibility index (Phi) is 47.9. The first-order valence-corrected chi connectivity index (χ1v) is 47.0. The number of urea groups is 2. The number of rotatable bonds is 9. The number of nitrogens with zero attached hydrogens (tertiary/aromatic N) is 3. The minimum absolute atomic E-state index is 0. The Morgan fingerprint density at radius 3 is 1.22 bits per heavy atom. The summed E-state index contributed by atoms with van der Waals surface area (Å²) in [4.78, 5) is 69.5. The molecule has 9 aromatic rings. The van der Waals surface area contributed by atoms with Crippen LogP contribution in [0.4, 0.5) is 43.7 Å². The fourth-order valence-electron chi connectivity index (χ4n) is 6.60. The number of aryl methyl sites for hydroxylation is 5. The monoisotopic (exact) mass is 2100 g/mol. The Morgan fingerprint density at radius 1 is 0.495 bits per heavy atom. The minimum Gasteiger partial charge on any atom is -0.508 e. The molecule has 1 radical (unpaired) electrons. The van der Waals surface area contributed by atoms with Gasteiger partial charge in [-0.3, -0.25) is 19.6 Å². The van der Waals surface area contributed by atoms with E-state index in [9.17, 15) is 24.0 Å². The number of phenols is 2. The van der Waals surface area contributed by atoms with E-state index in [1.54, 1.807) is 134 Å². The van der Waals surface area contributed by atoms with Crippen molar-refractivity contribution >= 4 is 197 Å². The van der Waals surface area contributed by atoms with E-state index in [2.05, 4.69) is 115 Å². The molecule has 9 rings (SSSR count). The normalized spacial score (nSPS) is 10.3. The van der Waals surface area contributed by atoms with Crippen molar-refractivity contribution in [3.8, 4) is 23.0 Å². The molecule has 0 bridgehead atoms. The van der Waals surface area contributed by atoms with E-state index in [4.69, 9.17) is 69.4 Å². The van der Waals surface area contributed by atoms with E-state index >= 15 is 0 Å². The van der Waals surface area contributed by atoms with Crippen LogP contribution in [0, 0.1) is 34.6 Å². The molecule has 3 aromatic heterocycles. The maximum absolute atomic E-state index is 12.2. The summed E-state index contributed by atoms with van der Waals surface area (Å²) < 4.78 is 52.0. The van der Waals surface area contributed by atoms with Gasteiger partial charge in [-0.1, -0.05) is 56.1 Å². The number of amides is 6. The Bertz CT molecular complexity index is 4010. The second kappa shape index (κ2) is 55.3.